The fourth-order valence-electron chi connectivity index (χ4n) is 2.17. The van der Waals surface area contributed by atoms with Crippen LogP contribution in [-0.2, 0) is 11.3 Å². The molecule has 106 valence electrons. The highest BCUT2D eigenvalue weighted by atomic mass is 16.5. The molecule has 1 aromatic rings. The minimum absolute atomic E-state index is 0.609. The number of nitrogens with one attached hydrogen (secondary N) is 1. The molecule has 0 saturated carbocycles. The second kappa shape index (κ2) is 8.12. The van der Waals surface area contributed by atoms with Crippen LogP contribution >= 0.6 is 0 Å². The SMILES string of the molecule is CCCNCc1ccnc(OCC2CCOCC2)c1. The third kappa shape index (κ3) is 5.17. The van der Waals surface area contributed by atoms with Crippen LogP contribution in [0.1, 0.15) is 31.7 Å². The predicted molar refractivity (Wildman–Crippen MR) is 75.3 cm³/mol. The number of rotatable bonds is 7. The number of nitrogens with zero attached hydrogens (tertiary/aromatic N) is 1. The lowest BCUT2D eigenvalue weighted by Crippen LogP contribution is -2.21. The van der Waals surface area contributed by atoms with Gasteiger partial charge >= 0.3 is 0 Å². The quantitative estimate of drug-likeness (QED) is 0.768. The predicted octanol–water partition coefficient (Wildman–Crippen LogP) is 2.39. The zero-order valence-electron chi connectivity index (χ0n) is 11.7. The topological polar surface area (TPSA) is 43.4 Å². The minimum atomic E-state index is 0.609. The van der Waals surface area contributed by atoms with E-state index in [1.54, 1.807) is 0 Å². The Morgan fingerprint density at radius 3 is 3.05 bits per heavy atom. The second-order valence-corrected chi connectivity index (χ2v) is 5.05. The molecule has 1 aliphatic rings. The van der Waals surface area contributed by atoms with Gasteiger partial charge in [0.1, 0.15) is 0 Å². The summed E-state index contributed by atoms with van der Waals surface area (Å²) in [6.07, 6.45) is 5.16. The average Bonchev–Trinajstić information content (AvgIpc) is 2.47. The van der Waals surface area contributed by atoms with Crippen LogP contribution in [0.25, 0.3) is 0 Å². The molecular weight excluding hydrogens is 240 g/mol. The largest absolute Gasteiger partial charge is 0.477 e. The lowest BCUT2D eigenvalue weighted by molar-refractivity contribution is 0.0490. The standard InChI is InChI=1S/C15H24N2O2/c1-2-6-16-11-14-3-7-17-15(10-14)19-12-13-4-8-18-9-5-13/h3,7,10,13,16H,2,4-6,8-9,11-12H2,1H3. The highest BCUT2D eigenvalue weighted by Gasteiger charge is 2.14. The minimum Gasteiger partial charge on any atom is -0.477 e. The maximum atomic E-state index is 5.80. The van der Waals surface area contributed by atoms with Gasteiger partial charge in [0.2, 0.25) is 5.88 Å². The maximum Gasteiger partial charge on any atom is 0.213 e. The van der Waals surface area contributed by atoms with Gasteiger partial charge in [0.05, 0.1) is 6.61 Å². The first-order valence-electron chi connectivity index (χ1n) is 7.24. The van der Waals surface area contributed by atoms with Crippen LogP contribution in [0.2, 0.25) is 0 Å². The summed E-state index contributed by atoms with van der Waals surface area (Å²) in [5.41, 5.74) is 1.23. The lowest BCUT2D eigenvalue weighted by Gasteiger charge is -2.21. The Balaban J connectivity index is 1.77. The van der Waals surface area contributed by atoms with Gasteiger partial charge in [-0.05, 0) is 43.4 Å². The van der Waals surface area contributed by atoms with Crippen LogP contribution in [-0.4, -0.2) is 31.3 Å². The average molecular weight is 264 g/mol. The maximum absolute atomic E-state index is 5.80. The smallest absolute Gasteiger partial charge is 0.213 e. The molecule has 0 radical (unpaired) electrons. The third-order valence-electron chi connectivity index (χ3n) is 3.36. The van der Waals surface area contributed by atoms with Gasteiger partial charge in [-0.1, -0.05) is 6.92 Å². The molecule has 1 N–H and O–H groups in total. The Morgan fingerprint density at radius 2 is 2.26 bits per heavy atom. The Morgan fingerprint density at radius 1 is 1.42 bits per heavy atom. The van der Waals surface area contributed by atoms with Gasteiger partial charge in [0.15, 0.2) is 0 Å². The second-order valence-electron chi connectivity index (χ2n) is 5.05. The van der Waals surface area contributed by atoms with E-state index in [-0.39, 0.29) is 0 Å². The molecule has 0 amide bonds. The lowest BCUT2D eigenvalue weighted by atomic mass is 10.0. The molecule has 4 heteroatoms. The summed E-state index contributed by atoms with van der Waals surface area (Å²) < 4.78 is 11.1. The fraction of sp³-hybridized carbons (Fsp3) is 0.667. The van der Waals surface area contributed by atoms with Gasteiger partial charge in [-0.25, -0.2) is 4.98 Å². The van der Waals surface area contributed by atoms with E-state index in [9.17, 15) is 0 Å². The summed E-state index contributed by atoms with van der Waals surface area (Å²) in [6, 6.07) is 4.06. The van der Waals surface area contributed by atoms with Crippen molar-refractivity contribution in [2.75, 3.05) is 26.4 Å². The van der Waals surface area contributed by atoms with E-state index in [0.29, 0.717) is 5.92 Å². The molecule has 2 rings (SSSR count). The van der Waals surface area contributed by atoms with Crippen LogP contribution in [0.4, 0.5) is 0 Å². The van der Waals surface area contributed by atoms with Crippen molar-refractivity contribution >= 4 is 0 Å². The first-order chi connectivity index (χ1) is 9.38. The molecule has 1 saturated heterocycles. The molecule has 4 nitrogen and oxygen atoms in total. The molecule has 0 unspecified atom stereocenters. The molecule has 0 bridgehead atoms. The molecule has 0 aromatic carbocycles. The van der Waals surface area contributed by atoms with E-state index in [4.69, 9.17) is 9.47 Å². The summed E-state index contributed by atoms with van der Waals surface area (Å²) in [7, 11) is 0. The Hall–Kier alpha value is -1.13. The Bertz CT molecular complexity index is 365. The van der Waals surface area contributed by atoms with E-state index in [2.05, 4.69) is 17.2 Å². The van der Waals surface area contributed by atoms with Crippen molar-refractivity contribution in [2.24, 2.45) is 5.92 Å². The summed E-state index contributed by atoms with van der Waals surface area (Å²) >= 11 is 0. The summed E-state index contributed by atoms with van der Waals surface area (Å²) in [6.45, 7) is 6.57. The third-order valence-corrected chi connectivity index (χ3v) is 3.36. The Kier molecular flexibility index (Phi) is 6.11. The van der Waals surface area contributed by atoms with E-state index in [1.165, 1.54) is 5.56 Å². The summed E-state index contributed by atoms with van der Waals surface area (Å²) in [4.78, 5) is 4.27. The van der Waals surface area contributed by atoms with E-state index in [0.717, 1.165) is 58.1 Å². The van der Waals surface area contributed by atoms with Crippen molar-refractivity contribution in [3.63, 3.8) is 0 Å². The van der Waals surface area contributed by atoms with Crippen molar-refractivity contribution < 1.29 is 9.47 Å². The highest BCUT2D eigenvalue weighted by Crippen LogP contribution is 2.17. The summed E-state index contributed by atoms with van der Waals surface area (Å²) in [5, 5.41) is 3.38. The van der Waals surface area contributed by atoms with Crippen molar-refractivity contribution in [2.45, 2.75) is 32.7 Å². The van der Waals surface area contributed by atoms with Crippen LogP contribution in [0, 0.1) is 5.92 Å². The molecule has 2 heterocycles. The van der Waals surface area contributed by atoms with Gasteiger partial charge in [0, 0.05) is 32.0 Å². The van der Waals surface area contributed by atoms with Crippen molar-refractivity contribution in [3.05, 3.63) is 23.9 Å². The molecule has 1 aliphatic heterocycles. The van der Waals surface area contributed by atoms with Crippen LogP contribution in [0.5, 0.6) is 5.88 Å². The fourth-order valence-corrected chi connectivity index (χ4v) is 2.17. The van der Waals surface area contributed by atoms with Gasteiger partial charge < -0.3 is 14.8 Å². The molecule has 19 heavy (non-hydrogen) atoms. The van der Waals surface area contributed by atoms with Gasteiger partial charge in [0.25, 0.3) is 0 Å². The van der Waals surface area contributed by atoms with E-state index in [1.807, 2.05) is 18.3 Å². The Labute approximate surface area is 115 Å². The van der Waals surface area contributed by atoms with E-state index >= 15 is 0 Å². The van der Waals surface area contributed by atoms with Crippen LogP contribution < -0.4 is 10.1 Å². The number of hydrogen-bond donors (Lipinski definition) is 1. The van der Waals surface area contributed by atoms with Gasteiger partial charge in [-0.3, -0.25) is 0 Å². The number of ether oxygens (including phenoxy) is 2. The van der Waals surface area contributed by atoms with Crippen molar-refractivity contribution in [1.29, 1.82) is 0 Å². The van der Waals surface area contributed by atoms with Gasteiger partial charge in [-0.2, -0.15) is 0 Å². The zero-order chi connectivity index (χ0) is 13.3. The molecule has 1 fully saturated rings. The first kappa shape index (κ1) is 14.3. The molecule has 1 aromatic heterocycles. The van der Waals surface area contributed by atoms with Crippen LogP contribution in [0.15, 0.2) is 18.3 Å². The molecule has 0 atom stereocenters. The highest BCUT2D eigenvalue weighted by molar-refractivity contribution is 5.20. The van der Waals surface area contributed by atoms with Crippen molar-refractivity contribution in [3.8, 4) is 5.88 Å². The van der Waals surface area contributed by atoms with Crippen LogP contribution in [0.3, 0.4) is 0 Å². The van der Waals surface area contributed by atoms with Crippen molar-refractivity contribution in [1.82, 2.24) is 10.3 Å². The molecular formula is C15H24N2O2. The number of aromatic nitrogens is 1. The monoisotopic (exact) mass is 264 g/mol. The van der Waals surface area contributed by atoms with E-state index < -0.39 is 0 Å². The molecule has 0 spiro atoms. The summed E-state index contributed by atoms with van der Waals surface area (Å²) in [5.74, 6) is 1.35. The molecule has 0 aliphatic carbocycles. The van der Waals surface area contributed by atoms with Gasteiger partial charge in [-0.15, -0.1) is 0 Å². The first-order valence-corrected chi connectivity index (χ1v) is 7.24. The zero-order valence-corrected chi connectivity index (χ0v) is 11.7. The number of hydrogen-bond acceptors (Lipinski definition) is 4. The normalized spacial score (nSPS) is 16.5. The number of pyridine rings is 1.